The summed E-state index contributed by atoms with van der Waals surface area (Å²) in [5.41, 5.74) is 0.977. The van der Waals surface area contributed by atoms with Crippen molar-refractivity contribution in [2.24, 2.45) is 0 Å². The SMILES string of the molecule is O=C1c2ccccc2C(=O)N1CCCCCNCCCSP(=O)(O)O. The molecular formula is C16H23N2O5PS. The van der Waals surface area contributed by atoms with Crippen LogP contribution in [0.25, 0.3) is 0 Å². The predicted molar refractivity (Wildman–Crippen MR) is 97.6 cm³/mol. The van der Waals surface area contributed by atoms with Crippen molar-refractivity contribution >= 4 is 30.0 Å². The van der Waals surface area contributed by atoms with Crippen LogP contribution in [-0.4, -0.2) is 51.9 Å². The van der Waals surface area contributed by atoms with Gasteiger partial charge in [-0.25, -0.2) is 4.57 Å². The number of hydrogen-bond donors (Lipinski definition) is 3. The lowest BCUT2D eigenvalue weighted by molar-refractivity contribution is 0.0651. The van der Waals surface area contributed by atoms with Gasteiger partial charge in [0.2, 0.25) is 0 Å². The third kappa shape index (κ3) is 6.24. The quantitative estimate of drug-likeness (QED) is 0.304. The van der Waals surface area contributed by atoms with Crippen molar-refractivity contribution in [1.29, 1.82) is 0 Å². The highest BCUT2D eigenvalue weighted by Gasteiger charge is 2.34. The molecular weight excluding hydrogens is 363 g/mol. The molecule has 0 atom stereocenters. The van der Waals surface area contributed by atoms with E-state index in [9.17, 15) is 14.2 Å². The van der Waals surface area contributed by atoms with E-state index in [1.807, 2.05) is 0 Å². The molecule has 0 unspecified atom stereocenters. The minimum Gasteiger partial charge on any atom is -0.317 e. The van der Waals surface area contributed by atoms with Crippen LogP contribution in [0, 0.1) is 0 Å². The molecule has 7 nitrogen and oxygen atoms in total. The van der Waals surface area contributed by atoms with E-state index in [2.05, 4.69) is 5.32 Å². The Balaban J connectivity index is 1.54. The van der Waals surface area contributed by atoms with Gasteiger partial charge in [-0.2, -0.15) is 0 Å². The summed E-state index contributed by atoms with van der Waals surface area (Å²) in [7, 11) is 0. The Bertz CT molecular complexity index is 629. The molecule has 9 heteroatoms. The molecule has 1 aliphatic heterocycles. The van der Waals surface area contributed by atoms with Crippen LogP contribution >= 0.6 is 18.2 Å². The lowest BCUT2D eigenvalue weighted by Gasteiger charge is -2.13. The number of amides is 2. The van der Waals surface area contributed by atoms with Gasteiger partial charge in [-0.15, -0.1) is 0 Å². The number of rotatable bonds is 11. The smallest absolute Gasteiger partial charge is 0.317 e. The van der Waals surface area contributed by atoms with E-state index in [1.165, 1.54) is 4.90 Å². The summed E-state index contributed by atoms with van der Waals surface area (Å²) < 4.78 is 10.7. The summed E-state index contributed by atoms with van der Waals surface area (Å²) >= 11 is 0.672. The molecule has 0 radical (unpaired) electrons. The standard InChI is InChI=1S/C16H23N2O5PS/c19-15-13-7-2-3-8-14(13)16(20)18(15)11-5-1-4-9-17-10-6-12-25-24(21,22)23/h2-3,7-8,17H,1,4-6,9-12H2,(H2,21,22,23). The molecule has 2 amide bonds. The van der Waals surface area contributed by atoms with Gasteiger partial charge in [-0.05, 0) is 55.9 Å². The first kappa shape index (κ1) is 20.1. The Morgan fingerprint density at radius 3 is 2.16 bits per heavy atom. The van der Waals surface area contributed by atoms with Crippen molar-refractivity contribution in [1.82, 2.24) is 10.2 Å². The number of nitrogens with one attached hydrogen (secondary N) is 1. The molecule has 25 heavy (non-hydrogen) atoms. The highest BCUT2D eigenvalue weighted by Crippen LogP contribution is 2.50. The van der Waals surface area contributed by atoms with E-state index in [0.29, 0.717) is 47.8 Å². The third-order valence-corrected chi connectivity index (χ3v) is 6.24. The van der Waals surface area contributed by atoms with Crippen LogP contribution in [0.15, 0.2) is 24.3 Å². The molecule has 1 aliphatic rings. The molecule has 1 aromatic carbocycles. The minimum absolute atomic E-state index is 0.207. The number of benzene rings is 1. The summed E-state index contributed by atoms with van der Waals surface area (Å²) in [6.45, 7) is -1.99. The van der Waals surface area contributed by atoms with Crippen molar-refractivity contribution in [2.45, 2.75) is 25.7 Å². The van der Waals surface area contributed by atoms with Crippen LogP contribution in [0.5, 0.6) is 0 Å². The van der Waals surface area contributed by atoms with Gasteiger partial charge in [0.05, 0.1) is 11.1 Å². The number of fused-ring (bicyclic) bond motifs is 1. The van der Waals surface area contributed by atoms with E-state index in [-0.39, 0.29) is 11.8 Å². The van der Waals surface area contributed by atoms with Crippen LogP contribution in [0.4, 0.5) is 0 Å². The zero-order valence-corrected chi connectivity index (χ0v) is 15.6. The molecule has 138 valence electrons. The fourth-order valence-electron chi connectivity index (χ4n) is 2.64. The minimum atomic E-state index is -3.95. The van der Waals surface area contributed by atoms with Gasteiger partial charge in [-0.1, -0.05) is 18.6 Å². The number of imide groups is 1. The average molecular weight is 386 g/mol. The van der Waals surface area contributed by atoms with Crippen molar-refractivity contribution in [2.75, 3.05) is 25.4 Å². The Labute approximate surface area is 151 Å². The lowest BCUT2D eigenvalue weighted by Crippen LogP contribution is -2.30. The molecule has 0 saturated heterocycles. The number of nitrogens with zero attached hydrogens (tertiary/aromatic N) is 1. The van der Waals surface area contributed by atoms with Gasteiger partial charge in [0.15, 0.2) is 0 Å². The number of hydrogen-bond acceptors (Lipinski definition) is 5. The Morgan fingerprint density at radius 1 is 0.960 bits per heavy atom. The van der Waals surface area contributed by atoms with Crippen molar-refractivity contribution in [3.8, 4) is 0 Å². The third-order valence-electron chi connectivity index (χ3n) is 3.87. The zero-order valence-electron chi connectivity index (χ0n) is 13.9. The number of carbonyl (C=O) groups is 2. The second-order valence-corrected chi connectivity index (χ2v) is 9.64. The molecule has 0 fully saturated rings. The maximum atomic E-state index is 12.2. The van der Waals surface area contributed by atoms with Crippen LogP contribution < -0.4 is 5.32 Å². The molecule has 1 aromatic rings. The van der Waals surface area contributed by atoms with Crippen LogP contribution in [-0.2, 0) is 4.57 Å². The highest BCUT2D eigenvalue weighted by molar-refractivity contribution is 8.54. The van der Waals surface area contributed by atoms with Crippen molar-refractivity contribution < 1.29 is 23.9 Å². The molecule has 3 N–H and O–H groups in total. The molecule has 0 bridgehead atoms. The largest absolute Gasteiger partial charge is 0.383 e. The normalized spacial score (nSPS) is 14.2. The van der Waals surface area contributed by atoms with Crippen LogP contribution in [0.3, 0.4) is 0 Å². The average Bonchev–Trinajstić information content (AvgIpc) is 2.80. The van der Waals surface area contributed by atoms with E-state index in [1.54, 1.807) is 24.3 Å². The number of unbranched alkanes of at least 4 members (excludes halogenated alkanes) is 2. The van der Waals surface area contributed by atoms with E-state index >= 15 is 0 Å². The lowest BCUT2D eigenvalue weighted by atomic mass is 10.1. The van der Waals surface area contributed by atoms with Crippen LogP contribution in [0.1, 0.15) is 46.4 Å². The Kier molecular flexibility index (Phi) is 7.65. The fraction of sp³-hybridized carbons (Fsp3) is 0.500. The van der Waals surface area contributed by atoms with Gasteiger partial charge in [0.1, 0.15) is 0 Å². The maximum absolute atomic E-state index is 12.2. The molecule has 1 heterocycles. The fourth-order valence-corrected chi connectivity index (χ4v) is 4.26. The van der Waals surface area contributed by atoms with Crippen LogP contribution in [0.2, 0.25) is 0 Å². The van der Waals surface area contributed by atoms with Crippen molar-refractivity contribution in [3.63, 3.8) is 0 Å². The van der Waals surface area contributed by atoms with Gasteiger partial charge in [0.25, 0.3) is 11.8 Å². The van der Waals surface area contributed by atoms with E-state index in [4.69, 9.17) is 9.79 Å². The molecule has 0 aliphatic carbocycles. The summed E-state index contributed by atoms with van der Waals surface area (Å²) in [5, 5.41) is 3.22. The van der Waals surface area contributed by atoms with E-state index < -0.39 is 6.80 Å². The number of carbonyl (C=O) groups excluding carboxylic acids is 2. The molecule has 0 aromatic heterocycles. The second-order valence-electron chi connectivity index (χ2n) is 5.80. The van der Waals surface area contributed by atoms with Crippen molar-refractivity contribution in [3.05, 3.63) is 35.4 Å². The van der Waals surface area contributed by atoms with E-state index in [0.717, 1.165) is 25.8 Å². The Hall–Kier alpha value is -1.18. The maximum Gasteiger partial charge on any atom is 0.383 e. The van der Waals surface area contributed by atoms with Gasteiger partial charge < -0.3 is 15.1 Å². The predicted octanol–water partition coefficient (Wildman–Crippen LogP) is 2.26. The monoisotopic (exact) mass is 386 g/mol. The topological polar surface area (TPSA) is 107 Å². The summed E-state index contributed by atoms with van der Waals surface area (Å²) in [5.74, 6) is 0.0133. The molecule has 0 saturated carbocycles. The molecule has 0 spiro atoms. The first-order valence-electron chi connectivity index (χ1n) is 8.26. The summed E-state index contributed by atoms with van der Waals surface area (Å²) in [6.07, 6.45) is 3.29. The van der Waals surface area contributed by atoms with Gasteiger partial charge in [-0.3, -0.25) is 14.5 Å². The van der Waals surface area contributed by atoms with Gasteiger partial charge in [0, 0.05) is 12.3 Å². The molecule has 2 rings (SSSR count). The Morgan fingerprint density at radius 2 is 1.56 bits per heavy atom. The van der Waals surface area contributed by atoms with Gasteiger partial charge >= 0.3 is 6.80 Å². The first-order chi connectivity index (χ1) is 11.9. The summed E-state index contributed by atoms with van der Waals surface area (Å²) in [4.78, 5) is 43.1. The summed E-state index contributed by atoms with van der Waals surface area (Å²) in [6, 6.07) is 6.89. The first-order valence-corrected chi connectivity index (χ1v) is 11.5. The highest BCUT2D eigenvalue weighted by atomic mass is 32.7. The zero-order chi connectivity index (χ0) is 18.3. The second kappa shape index (κ2) is 9.50.